The average molecular weight is 354 g/mol. The molecule has 0 bridgehead atoms. The number of likely N-dealkylation sites (tertiary alicyclic amines) is 1. The summed E-state index contributed by atoms with van der Waals surface area (Å²) in [4.78, 5) is 15.1. The number of likely N-dealkylation sites (N-methyl/N-ethyl adjacent to an activating group) is 1. The molecule has 1 aromatic rings. The van der Waals surface area contributed by atoms with Crippen LogP contribution in [0.4, 0.5) is 5.69 Å². The quantitative estimate of drug-likeness (QED) is 0.806. The largest absolute Gasteiger partial charge is 0.492 e. The lowest BCUT2D eigenvalue weighted by atomic mass is 10.00. The van der Waals surface area contributed by atoms with Crippen LogP contribution >= 0.6 is 11.6 Å². The molecule has 6 nitrogen and oxygen atoms in total. The van der Waals surface area contributed by atoms with Gasteiger partial charge in [0, 0.05) is 32.2 Å². The van der Waals surface area contributed by atoms with Crippen LogP contribution in [0.1, 0.15) is 29.3 Å². The Morgan fingerprint density at radius 1 is 1.58 bits per heavy atom. The van der Waals surface area contributed by atoms with Crippen LogP contribution in [0.2, 0.25) is 5.02 Å². The van der Waals surface area contributed by atoms with Crippen molar-refractivity contribution in [1.29, 1.82) is 0 Å². The number of fused-ring (bicyclic) bond motifs is 1. The van der Waals surface area contributed by atoms with Crippen molar-refractivity contribution in [1.82, 2.24) is 10.2 Å². The van der Waals surface area contributed by atoms with Gasteiger partial charge in [0.15, 0.2) is 0 Å². The molecular weight excluding hydrogens is 330 g/mol. The first-order valence-electron chi connectivity index (χ1n) is 8.34. The van der Waals surface area contributed by atoms with Gasteiger partial charge in [-0.3, -0.25) is 4.79 Å². The van der Waals surface area contributed by atoms with E-state index in [0.717, 1.165) is 31.6 Å². The van der Waals surface area contributed by atoms with E-state index < -0.39 is 0 Å². The summed E-state index contributed by atoms with van der Waals surface area (Å²) in [6, 6.07) is 1.57. The van der Waals surface area contributed by atoms with Gasteiger partial charge in [0.05, 0.1) is 35.0 Å². The maximum absolute atomic E-state index is 12.8. The zero-order valence-electron chi connectivity index (χ0n) is 14.1. The van der Waals surface area contributed by atoms with Crippen LogP contribution in [0, 0.1) is 0 Å². The molecule has 1 fully saturated rings. The molecule has 7 heteroatoms. The molecule has 3 rings (SSSR count). The van der Waals surface area contributed by atoms with Crippen LogP contribution < -0.4 is 15.8 Å². The van der Waals surface area contributed by atoms with E-state index in [1.807, 2.05) is 0 Å². The highest BCUT2D eigenvalue weighted by Gasteiger charge is 2.32. The topological polar surface area (TPSA) is 76.8 Å². The number of carbonyl (C=O) groups excluding carboxylic acids is 1. The summed E-state index contributed by atoms with van der Waals surface area (Å²) >= 11 is 6.19. The van der Waals surface area contributed by atoms with Gasteiger partial charge in [-0.15, -0.1) is 0 Å². The molecule has 132 valence electrons. The summed E-state index contributed by atoms with van der Waals surface area (Å²) < 4.78 is 11.2. The zero-order valence-corrected chi connectivity index (χ0v) is 14.9. The third-order valence-electron chi connectivity index (χ3n) is 4.92. The fourth-order valence-corrected chi connectivity index (χ4v) is 3.68. The molecule has 24 heavy (non-hydrogen) atoms. The number of nitrogen functional groups attached to an aromatic ring is 1. The normalized spacial score (nSPS) is 23.6. The Morgan fingerprint density at radius 3 is 3.08 bits per heavy atom. The molecule has 0 unspecified atom stereocenters. The number of amides is 1. The molecule has 1 saturated heterocycles. The van der Waals surface area contributed by atoms with Crippen molar-refractivity contribution >= 4 is 23.2 Å². The molecule has 0 radical (unpaired) electrons. The van der Waals surface area contributed by atoms with Crippen LogP contribution in [0.25, 0.3) is 0 Å². The highest BCUT2D eigenvalue weighted by atomic mass is 35.5. The maximum Gasteiger partial charge on any atom is 0.255 e. The van der Waals surface area contributed by atoms with E-state index in [1.165, 1.54) is 0 Å². The predicted octanol–water partition coefficient (Wildman–Crippen LogP) is 1.70. The second-order valence-electron chi connectivity index (χ2n) is 6.26. The smallest absolute Gasteiger partial charge is 0.255 e. The fourth-order valence-electron chi connectivity index (χ4n) is 3.45. The van der Waals surface area contributed by atoms with Gasteiger partial charge >= 0.3 is 0 Å². The van der Waals surface area contributed by atoms with Crippen molar-refractivity contribution < 1.29 is 14.3 Å². The Labute approximate surface area is 147 Å². The van der Waals surface area contributed by atoms with E-state index in [0.29, 0.717) is 35.1 Å². The van der Waals surface area contributed by atoms with E-state index in [1.54, 1.807) is 13.2 Å². The van der Waals surface area contributed by atoms with E-state index in [4.69, 9.17) is 26.8 Å². The van der Waals surface area contributed by atoms with Crippen molar-refractivity contribution in [2.75, 3.05) is 39.1 Å². The van der Waals surface area contributed by atoms with Gasteiger partial charge in [-0.1, -0.05) is 18.5 Å². The van der Waals surface area contributed by atoms with E-state index in [9.17, 15) is 4.79 Å². The van der Waals surface area contributed by atoms with E-state index in [-0.39, 0.29) is 18.1 Å². The Kier molecular flexibility index (Phi) is 5.18. The molecule has 2 atom stereocenters. The number of carbonyl (C=O) groups is 1. The van der Waals surface area contributed by atoms with Gasteiger partial charge in [0.1, 0.15) is 5.75 Å². The minimum Gasteiger partial charge on any atom is -0.492 e. The summed E-state index contributed by atoms with van der Waals surface area (Å²) in [5.74, 6) is 0.376. The lowest BCUT2D eigenvalue weighted by molar-refractivity contribution is 0.00801. The molecule has 1 aromatic carbocycles. The Hall–Kier alpha value is -1.50. The SMILES string of the molecule is CCN1CC[C@H](NC(=O)c2cc(Cl)c(N)c3c2OCC3)[C@H](OC)C1. The maximum atomic E-state index is 12.8. The van der Waals surface area contributed by atoms with E-state index in [2.05, 4.69) is 17.1 Å². The number of ether oxygens (including phenoxy) is 2. The molecule has 0 aromatic heterocycles. The lowest BCUT2D eigenvalue weighted by Gasteiger charge is -2.37. The van der Waals surface area contributed by atoms with Gasteiger partial charge in [-0.2, -0.15) is 0 Å². The van der Waals surface area contributed by atoms with Gasteiger partial charge < -0.3 is 25.4 Å². The first kappa shape index (κ1) is 17.3. The number of hydrogen-bond donors (Lipinski definition) is 2. The number of nitrogens with two attached hydrogens (primary N) is 1. The van der Waals surface area contributed by atoms with Crippen molar-refractivity contribution in [3.63, 3.8) is 0 Å². The third-order valence-corrected chi connectivity index (χ3v) is 5.24. The van der Waals surface area contributed by atoms with Crippen molar-refractivity contribution in [2.24, 2.45) is 0 Å². The standard InChI is InChI=1S/C17H24ClN3O3/c1-3-21-6-4-13(14(9-21)23-2)20-17(22)11-8-12(18)15(19)10-5-7-24-16(10)11/h8,13-14H,3-7,9,19H2,1-2H3,(H,20,22)/t13-,14+/m0/s1. The third kappa shape index (κ3) is 3.18. The van der Waals surface area contributed by atoms with Gasteiger partial charge in [0.25, 0.3) is 5.91 Å². The number of nitrogens with one attached hydrogen (secondary N) is 1. The van der Waals surface area contributed by atoms with Crippen LogP contribution in [0.5, 0.6) is 5.75 Å². The molecule has 0 saturated carbocycles. The number of nitrogens with zero attached hydrogens (tertiary/aromatic N) is 1. The molecular formula is C17H24ClN3O3. The van der Waals surface area contributed by atoms with Crippen LogP contribution in [0.3, 0.4) is 0 Å². The first-order valence-corrected chi connectivity index (χ1v) is 8.72. The molecule has 1 amide bonds. The van der Waals surface area contributed by atoms with Crippen LogP contribution in [-0.2, 0) is 11.2 Å². The summed E-state index contributed by atoms with van der Waals surface area (Å²) in [5, 5.41) is 3.48. The molecule has 3 N–H and O–H groups in total. The van der Waals surface area contributed by atoms with Crippen LogP contribution in [-0.4, -0.2) is 56.3 Å². The van der Waals surface area contributed by atoms with Gasteiger partial charge in [-0.25, -0.2) is 0 Å². The number of benzene rings is 1. The number of rotatable bonds is 4. The Balaban J connectivity index is 1.78. The van der Waals surface area contributed by atoms with Crippen molar-refractivity contribution in [2.45, 2.75) is 31.9 Å². The summed E-state index contributed by atoms with van der Waals surface area (Å²) in [7, 11) is 1.68. The highest BCUT2D eigenvalue weighted by Crippen LogP contribution is 2.38. The molecule has 2 aliphatic rings. The monoisotopic (exact) mass is 353 g/mol. The average Bonchev–Trinajstić information content (AvgIpc) is 3.08. The highest BCUT2D eigenvalue weighted by molar-refractivity contribution is 6.33. The second kappa shape index (κ2) is 7.17. The Morgan fingerprint density at radius 2 is 2.38 bits per heavy atom. The number of anilines is 1. The molecule has 0 spiro atoms. The summed E-state index contributed by atoms with van der Waals surface area (Å²) in [6.07, 6.45) is 1.50. The van der Waals surface area contributed by atoms with Crippen LogP contribution in [0.15, 0.2) is 6.07 Å². The first-order chi connectivity index (χ1) is 11.5. The molecule has 2 aliphatic heterocycles. The summed E-state index contributed by atoms with van der Waals surface area (Å²) in [5.41, 5.74) is 7.78. The van der Waals surface area contributed by atoms with Gasteiger partial charge in [0.2, 0.25) is 0 Å². The number of piperidine rings is 1. The van der Waals surface area contributed by atoms with E-state index >= 15 is 0 Å². The number of halogens is 1. The fraction of sp³-hybridized carbons (Fsp3) is 0.588. The molecule has 0 aliphatic carbocycles. The minimum absolute atomic E-state index is 0.0270. The minimum atomic E-state index is -0.188. The van der Waals surface area contributed by atoms with Crippen molar-refractivity contribution in [3.8, 4) is 5.75 Å². The number of methoxy groups -OCH3 is 1. The second-order valence-corrected chi connectivity index (χ2v) is 6.67. The summed E-state index contributed by atoms with van der Waals surface area (Å²) in [6.45, 7) is 5.39. The number of hydrogen-bond acceptors (Lipinski definition) is 5. The molecule has 2 heterocycles. The zero-order chi connectivity index (χ0) is 17.3. The van der Waals surface area contributed by atoms with Crippen molar-refractivity contribution in [3.05, 3.63) is 22.2 Å². The predicted molar refractivity (Wildman–Crippen MR) is 93.8 cm³/mol. The van der Waals surface area contributed by atoms with Gasteiger partial charge in [-0.05, 0) is 19.0 Å². The Bertz CT molecular complexity index is 638. The lowest BCUT2D eigenvalue weighted by Crippen LogP contribution is -2.54.